The van der Waals surface area contributed by atoms with E-state index in [9.17, 15) is 5.11 Å². The standard InChI is InChI=1S/C20H25N3O3/c24-17-4-2-8-23(14-17)20-16(3-1-7-22-20)13-21-12-15-5-6-18-19(11-15)26-10-9-25-18/h1,3,5-7,11,17,21,24H,2,4,8-10,12-14H2/t17-/m0/s1. The molecule has 3 heterocycles. The average Bonchev–Trinajstić information content (AvgIpc) is 2.68. The minimum Gasteiger partial charge on any atom is -0.486 e. The lowest BCUT2D eigenvalue weighted by Gasteiger charge is -2.32. The summed E-state index contributed by atoms with van der Waals surface area (Å²) in [5, 5.41) is 13.4. The molecular weight excluding hydrogens is 330 g/mol. The molecule has 6 nitrogen and oxygen atoms in total. The van der Waals surface area contributed by atoms with Gasteiger partial charge in [-0.1, -0.05) is 12.1 Å². The topological polar surface area (TPSA) is 66.9 Å². The van der Waals surface area contributed by atoms with Crippen LogP contribution in [0.3, 0.4) is 0 Å². The van der Waals surface area contributed by atoms with Crippen LogP contribution < -0.4 is 19.7 Å². The van der Waals surface area contributed by atoms with E-state index in [2.05, 4.69) is 27.3 Å². The van der Waals surface area contributed by atoms with Crippen molar-refractivity contribution in [3.63, 3.8) is 0 Å². The minimum atomic E-state index is -0.260. The van der Waals surface area contributed by atoms with Crippen molar-refractivity contribution < 1.29 is 14.6 Å². The van der Waals surface area contributed by atoms with E-state index >= 15 is 0 Å². The van der Waals surface area contributed by atoms with Gasteiger partial charge in [-0.05, 0) is 36.6 Å². The van der Waals surface area contributed by atoms with Gasteiger partial charge < -0.3 is 24.8 Å². The van der Waals surface area contributed by atoms with Crippen molar-refractivity contribution in [2.45, 2.75) is 32.0 Å². The van der Waals surface area contributed by atoms with E-state index in [1.54, 1.807) is 0 Å². The first-order valence-electron chi connectivity index (χ1n) is 9.26. The van der Waals surface area contributed by atoms with E-state index in [1.165, 1.54) is 0 Å². The Morgan fingerprint density at radius 1 is 1.15 bits per heavy atom. The summed E-state index contributed by atoms with van der Waals surface area (Å²) < 4.78 is 11.2. The monoisotopic (exact) mass is 355 g/mol. The number of nitrogens with one attached hydrogen (secondary N) is 1. The minimum absolute atomic E-state index is 0.260. The molecule has 2 aliphatic rings. The molecule has 2 aromatic rings. The zero-order chi connectivity index (χ0) is 17.8. The highest BCUT2D eigenvalue weighted by Gasteiger charge is 2.20. The molecule has 4 rings (SSSR count). The molecule has 1 aromatic carbocycles. The summed E-state index contributed by atoms with van der Waals surface area (Å²) in [4.78, 5) is 6.75. The molecule has 6 heteroatoms. The number of anilines is 1. The van der Waals surface area contributed by atoms with Crippen molar-refractivity contribution in [2.24, 2.45) is 0 Å². The maximum atomic E-state index is 9.95. The zero-order valence-electron chi connectivity index (χ0n) is 14.9. The average molecular weight is 355 g/mol. The largest absolute Gasteiger partial charge is 0.486 e. The second-order valence-electron chi connectivity index (χ2n) is 6.81. The fraction of sp³-hybridized carbons (Fsp3) is 0.450. The van der Waals surface area contributed by atoms with Crippen LogP contribution in [-0.4, -0.2) is 42.5 Å². The third kappa shape index (κ3) is 3.92. The summed E-state index contributed by atoms with van der Waals surface area (Å²) >= 11 is 0. The van der Waals surface area contributed by atoms with Gasteiger partial charge in [0, 0.05) is 37.9 Å². The molecule has 1 fully saturated rings. The van der Waals surface area contributed by atoms with Gasteiger partial charge in [-0.2, -0.15) is 0 Å². The number of nitrogens with zero attached hydrogens (tertiary/aromatic N) is 2. The van der Waals surface area contributed by atoms with Gasteiger partial charge in [-0.25, -0.2) is 4.98 Å². The number of aliphatic hydroxyl groups is 1. The van der Waals surface area contributed by atoms with E-state index in [0.717, 1.165) is 60.9 Å². The second-order valence-corrected chi connectivity index (χ2v) is 6.81. The van der Waals surface area contributed by atoms with Crippen LogP contribution >= 0.6 is 0 Å². The molecule has 1 saturated heterocycles. The number of piperidine rings is 1. The SMILES string of the molecule is O[C@H]1CCCN(c2ncccc2CNCc2ccc3c(c2)OCCO3)C1. The molecule has 2 N–H and O–H groups in total. The van der Waals surface area contributed by atoms with Crippen molar-refractivity contribution in [1.29, 1.82) is 0 Å². The number of aromatic nitrogens is 1. The number of rotatable bonds is 5. The molecule has 0 aliphatic carbocycles. The lowest BCUT2D eigenvalue weighted by atomic mass is 10.1. The summed E-state index contributed by atoms with van der Waals surface area (Å²) in [5.41, 5.74) is 2.31. The van der Waals surface area contributed by atoms with Crippen LogP contribution in [0.25, 0.3) is 0 Å². The Labute approximate surface area is 153 Å². The number of benzene rings is 1. The molecule has 0 unspecified atom stereocenters. The first-order valence-corrected chi connectivity index (χ1v) is 9.26. The van der Waals surface area contributed by atoms with Gasteiger partial charge in [0.1, 0.15) is 19.0 Å². The number of β-amino-alcohol motifs (C(OH)–C–C–N with tert-alkyl or cyclic N) is 1. The van der Waals surface area contributed by atoms with E-state index in [4.69, 9.17) is 9.47 Å². The maximum Gasteiger partial charge on any atom is 0.161 e. The van der Waals surface area contributed by atoms with Gasteiger partial charge in [0.2, 0.25) is 0 Å². The van der Waals surface area contributed by atoms with Gasteiger partial charge >= 0.3 is 0 Å². The summed E-state index contributed by atoms with van der Waals surface area (Å²) in [6.07, 6.45) is 3.44. The van der Waals surface area contributed by atoms with Crippen molar-refractivity contribution in [3.05, 3.63) is 47.7 Å². The molecule has 0 radical (unpaired) electrons. The van der Waals surface area contributed by atoms with Gasteiger partial charge in [0.25, 0.3) is 0 Å². The summed E-state index contributed by atoms with van der Waals surface area (Å²) in [6.45, 7) is 4.29. The lowest BCUT2D eigenvalue weighted by Crippen LogP contribution is -2.39. The summed E-state index contributed by atoms with van der Waals surface area (Å²) in [6, 6.07) is 10.1. The lowest BCUT2D eigenvalue weighted by molar-refractivity contribution is 0.154. The molecule has 1 aromatic heterocycles. The highest BCUT2D eigenvalue weighted by Crippen LogP contribution is 2.30. The second kappa shape index (κ2) is 7.93. The Morgan fingerprint density at radius 2 is 2.04 bits per heavy atom. The molecule has 0 amide bonds. The smallest absolute Gasteiger partial charge is 0.161 e. The van der Waals surface area contributed by atoms with E-state index in [0.29, 0.717) is 19.8 Å². The molecule has 0 spiro atoms. The quantitative estimate of drug-likeness (QED) is 0.856. The molecule has 2 aliphatic heterocycles. The predicted octanol–water partition coefficient (Wildman–Crippen LogP) is 2.10. The molecule has 0 saturated carbocycles. The first-order chi connectivity index (χ1) is 12.8. The van der Waals surface area contributed by atoms with Gasteiger partial charge in [-0.15, -0.1) is 0 Å². The van der Waals surface area contributed by atoms with Crippen LogP contribution in [0, 0.1) is 0 Å². The van der Waals surface area contributed by atoms with E-state index in [1.807, 2.05) is 24.4 Å². The highest BCUT2D eigenvalue weighted by atomic mass is 16.6. The molecule has 0 bridgehead atoms. The first kappa shape index (κ1) is 17.1. The normalized spacial score (nSPS) is 19.4. The van der Waals surface area contributed by atoms with Gasteiger partial charge in [0.05, 0.1) is 6.10 Å². The number of hydrogen-bond acceptors (Lipinski definition) is 6. The fourth-order valence-corrected chi connectivity index (χ4v) is 3.54. The number of pyridine rings is 1. The zero-order valence-corrected chi connectivity index (χ0v) is 14.9. The Kier molecular flexibility index (Phi) is 5.22. The van der Waals surface area contributed by atoms with Crippen molar-refractivity contribution >= 4 is 5.82 Å². The highest BCUT2D eigenvalue weighted by molar-refractivity contribution is 5.47. The Hall–Kier alpha value is -2.31. The Balaban J connectivity index is 1.39. The molecule has 1 atom stereocenters. The summed E-state index contributed by atoms with van der Waals surface area (Å²) in [7, 11) is 0. The molecular formula is C20H25N3O3. The molecule has 138 valence electrons. The van der Waals surface area contributed by atoms with Crippen LogP contribution in [0.5, 0.6) is 11.5 Å². The Morgan fingerprint density at radius 3 is 2.92 bits per heavy atom. The van der Waals surface area contributed by atoms with Gasteiger partial charge in [0.15, 0.2) is 11.5 Å². The fourth-order valence-electron chi connectivity index (χ4n) is 3.54. The number of hydrogen-bond donors (Lipinski definition) is 2. The molecule has 26 heavy (non-hydrogen) atoms. The van der Waals surface area contributed by atoms with Gasteiger partial charge in [-0.3, -0.25) is 0 Å². The number of aliphatic hydroxyl groups excluding tert-OH is 1. The van der Waals surface area contributed by atoms with Crippen LogP contribution in [-0.2, 0) is 13.1 Å². The van der Waals surface area contributed by atoms with Crippen molar-refractivity contribution in [3.8, 4) is 11.5 Å². The van der Waals surface area contributed by atoms with Crippen LogP contribution in [0.4, 0.5) is 5.82 Å². The van der Waals surface area contributed by atoms with Crippen molar-refractivity contribution in [2.75, 3.05) is 31.2 Å². The summed E-state index contributed by atoms with van der Waals surface area (Å²) in [5.74, 6) is 2.61. The number of ether oxygens (including phenoxy) is 2. The van der Waals surface area contributed by atoms with Crippen molar-refractivity contribution in [1.82, 2.24) is 10.3 Å². The maximum absolute atomic E-state index is 9.95. The number of fused-ring (bicyclic) bond motifs is 1. The van der Waals surface area contributed by atoms with Crippen LogP contribution in [0.15, 0.2) is 36.5 Å². The third-order valence-corrected chi connectivity index (χ3v) is 4.81. The third-order valence-electron chi connectivity index (χ3n) is 4.81. The van der Waals surface area contributed by atoms with Crippen LogP contribution in [0.2, 0.25) is 0 Å². The Bertz CT molecular complexity index is 753. The predicted molar refractivity (Wildman–Crippen MR) is 99.7 cm³/mol. The van der Waals surface area contributed by atoms with Crippen LogP contribution in [0.1, 0.15) is 24.0 Å². The van der Waals surface area contributed by atoms with E-state index in [-0.39, 0.29) is 6.10 Å². The van der Waals surface area contributed by atoms with E-state index < -0.39 is 0 Å².